The monoisotopic (exact) mass is 227 g/mol. The molecule has 16 heavy (non-hydrogen) atoms. The van der Waals surface area contributed by atoms with E-state index >= 15 is 0 Å². The van der Waals surface area contributed by atoms with Crippen molar-refractivity contribution in [3.63, 3.8) is 0 Å². The van der Waals surface area contributed by atoms with Gasteiger partial charge in [-0.25, -0.2) is 0 Å². The number of hydrogen-bond donors (Lipinski definition) is 2. The summed E-state index contributed by atoms with van der Waals surface area (Å²) < 4.78 is 0. The number of nitrogens with zero attached hydrogens (tertiary/aromatic N) is 1. The minimum absolute atomic E-state index is 0.0289. The summed E-state index contributed by atoms with van der Waals surface area (Å²) in [7, 11) is 0. The van der Waals surface area contributed by atoms with Gasteiger partial charge in [-0.1, -0.05) is 13.3 Å². The SMILES string of the molecule is CCC(CN)CC(=O)N1CCNC(=O)CC1. The van der Waals surface area contributed by atoms with E-state index in [0.29, 0.717) is 39.0 Å². The smallest absolute Gasteiger partial charge is 0.222 e. The number of rotatable bonds is 4. The van der Waals surface area contributed by atoms with Crippen LogP contribution in [0.15, 0.2) is 0 Å². The van der Waals surface area contributed by atoms with Crippen molar-refractivity contribution < 1.29 is 9.59 Å². The van der Waals surface area contributed by atoms with E-state index in [0.717, 1.165) is 6.42 Å². The van der Waals surface area contributed by atoms with Crippen LogP contribution in [0, 0.1) is 5.92 Å². The predicted octanol–water partition coefficient (Wildman–Crippen LogP) is -0.290. The topological polar surface area (TPSA) is 75.4 Å². The minimum Gasteiger partial charge on any atom is -0.354 e. The Morgan fingerprint density at radius 3 is 2.94 bits per heavy atom. The van der Waals surface area contributed by atoms with Gasteiger partial charge in [0.1, 0.15) is 0 Å². The summed E-state index contributed by atoms with van der Waals surface area (Å²) in [6.07, 6.45) is 1.83. The maximum absolute atomic E-state index is 11.9. The van der Waals surface area contributed by atoms with Crippen LogP contribution in [0.25, 0.3) is 0 Å². The van der Waals surface area contributed by atoms with Crippen LogP contribution in [0.3, 0.4) is 0 Å². The molecule has 5 nitrogen and oxygen atoms in total. The highest BCUT2D eigenvalue weighted by molar-refractivity contribution is 5.80. The van der Waals surface area contributed by atoms with E-state index in [1.807, 2.05) is 6.92 Å². The second-order valence-electron chi connectivity index (χ2n) is 4.19. The molecule has 0 saturated carbocycles. The molecule has 0 bridgehead atoms. The Hall–Kier alpha value is -1.10. The second kappa shape index (κ2) is 6.48. The average Bonchev–Trinajstić information content (AvgIpc) is 2.50. The molecule has 2 amide bonds. The molecule has 0 aromatic heterocycles. The van der Waals surface area contributed by atoms with E-state index in [1.54, 1.807) is 4.90 Å². The Labute approximate surface area is 96.4 Å². The summed E-state index contributed by atoms with van der Waals surface area (Å²) in [5.74, 6) is 0.411. The van der Waals surface area contributed by atoms with Gasteiger partial charge in [0.2, 0.25) is 11.8 Å². The van der Waals surface area contributed by atoms with Crippen molar-refractivity contribution in [3.05, 3.63) is 0 Å². The molecule has 1 aliphatic heterocycles. The molecule has 0 aromatic carbocycles. The standard InChI is InChI=1S/C11H21N3O2/c1-2-9(8-12)7-11(16)14-5-3-10(15)13-4-6-14/h9H,2-8,12H2,1H3,(H,13,15). The zero-order valence-corrected chi connectivity index (χ0v) is 9.87. The number of nitrogens with two attached hydrogens (primary N) is 1. The molecule has 1 heterocycles. The maximum atomic E-state index is 11.9. The molecule has 5 heteroatoms. The molecular formula is C11H21N3O2. The highest BCUT2D eigenvalue weighted by Crippen LogP contribution is 2.09. The summed E-state index contributed by atoms with van der Waals surface area (Å²) >= 11 is 0. The second-order valence-corrected chi connectivity index (χ2v) is 4.19. The fourth-order valence-corrected chi connectivity index (χ4v) is 1.79. The molecule has 1 unspecified atom stereocenters. The first-order chi connectivity index (χ1) is 7.67. The quantitative estimate of drug-likeness (QED) is 0.693. The third-order valence-corrected chi connectivity index (χ3v) is 3.04. The van der Waals surface area contributed by atoms with Gasteiger partial charge in [0.15, 0.2) is 0 Å². The third kappa shape index (κ3) is 3.81. The van der Waals surface area contributed by atoms with Crippen molar-refractivity contribution >= 4 is 11.8 Å². The molecule has 92 valence electrons. The summed E-state index contributed by atoms with van der Waals surface area (Å²) in [5, 5.41) is 2.75. The normalized spacial score (nSPS) is 18.9. The van der Waals surface area contributed by atoms with E-state index in [2.05, 4.69) is 5.32 Å². The average molecular weight is 227 g/mol. The van der Waals surface area contributed by atoms with Crippen LogP contribution in [0.5, 0.6) is 0 Å². The van der Waals surface area contributed by atoms with Gasteiger partial charge in [-0.2, -0.15) is 0 Å². The zero-order chi connectivity index (χ0) is 12.0. The van der Waals surface area contributed by atoms with E-state index in [9.17, 15) is 9.59 Å². The van der Waals surface area contributed by atoms with Crippen molar-refractivity contribution in [2.45, 2.75) is 26.2 Å². The lowest BCUT2D eigenvalue weighted by atomic mass is 10.0. The summed E-state index contributed by atoms with van der Waals surface area (Å²) in [4.78, 5) is 24.8. The number of amides is 2. The third-order valence-electron chi connectivity index (χ3n) is 3.04. The van der Waals surface area contributed by atoms with Crippen LogP contribution in [0.1, 0.15) is 26.2 Å². The van der Waals surface area contributed by atoms with Crippen LogP contribution in [0.2, 0.25) is 0 Å². The van der Waals surface area contributed by atoms with E-state index < -0.39 is 0 Å². The molecule has 0 radical (unpaired) electrons. The van der Waals surface area contributed by atoms with Gasteiger partial charge in [-0.15, -0.1) is 0 Å². The lowest BCUT2D eigenvalue weighted by Crippen LogP contribution is -2.36. The highest BCUT2D eigenvalue weighted by Gasteiger charge is 2.20. The van der Waals surface area contributed by atoms with E-state index in [4.69, 9.17) is 5.73 Å². The van der Waals surface area contributed by atoms with Gasteiger partial charge in [0.05, 0.1) is 0 Å². The van der Waals surface area contributed by atoms with Crippen molar-refractivity contribution in [1.82, 2.24) is 10.2 Å². The number of carbonyl (C=O) groups excluding carboxylic acids is 2. The zero-order valence-electron chi connectivity index (χ0n) is 9.87. The van der Waals surface area contributed by atoms with Gasteiger partial charge in [-0.05, 0) is 12.5 Å². The molecule has 0 spiro atoms. The Morgan fingerprint density at radius 1 is 1.56 bits per heavy atom. The highest BCUT2D eigenvalue weighted by atomic mass is 16.2. The number of hydrogen-bond acceptors (Lipinski definition) is 3. The molecule has 1 atom stereocenters. The largest absolute Gasteiger partial charge is 0.354 e. The van der Waals surface area contributed by atoms with Gasteiger partial charge in [0.25, 0.3) is 0 Å². The molecule has 1 rings (SSSR count). The first kappa shape index (κ1) is 13.0. The molecule has 0 aromatic rings. The first-order valence-electron chi connectivity index (χ1n) is 5.92. The summed E-state index contributed by atoms with van der Waals surface area (Å²) in [5.41, 5.74) is 5.58. The predicted molar refractivity (Wildman–Crippen MR) is 61.7 cm³/mol. The van der Waals surface area contributed by atoms with Crippen molar-refractivity contribution in [1.29, 1.82) is 0 Å². The molecule has 1 saturated heterocycles. The molecule has 0 aliphatic carbocycles. The van der Waals surface area contributed by atoms with Crippen LogP contribution in [-0.4, -0.2) is 42.9 Å². The molecular weight excluding hydrogens is 206 g/mol. The Morgan fingerprint density at radius 2 is 2.31 bits per heavy atom. The van der Waals surface area contributed by atoms with Crippen LogP contribution >= 0.6 is 0 Å². The van der Waals surface area contributed by atoms with Crippen LogP contribution in [-0.2, 0) is 9.59 Å². The molecule has 1 fully saturated rings. The molecule has 3 N–H and O–H groups in total. The van der Waals surface area contributed by atoms with Gasteiger partial charge in [0, 0.05) is 32.5 Å². The van der Waals surface area contributed by atoms with E-state index in [-0.39, 0.29) is 17.7 Å². The number of carbonyl (C=O) groups is 2. The fraction of sp³-hybridized carbons (Fsp3) is 0.818. The van der Waals surface area contributed by atoms with Gasteiger partial charge >= 0.3 is 0 Å². The Bertz CT molecular complexity index is 252. The summed E-state index contributed by atoms with van der Waals surface area (Å²) in [6, 6.07) is 0. The van der Waals surface area contributed by atoms with Gasteiger partial charge in [-0.3, -0.25) is 9.59 Å². The van der Waals surface area contributed by atoms with Crippen LogP contribution in [0.4, 0.5) is 0 Å². The first-order valence-corrected chi connectivity index (χ1v) is 5.92. The van der Waals surface area contributed by atoms with E-state index in [1.165, 1.54) is 0 Å². The lowest BCUT2D eigenvalue weighted by Gasteiger charge is -2.22. The molecule has 1 aliphatic rings. The maximum Gasteiger partial charge on any atom is 0.222 e. The fourth-order valence-electron chi connectivity index (χ4n) is 1.79. The lowest BCUT2D eigenvalue weighted by molar-refractivity contribution is -0.132. The van der Waals surface area contributed by atoms with Crippen LogP contribution < -0.4 is 11.1 Å². The van der Waals surface area contributed by atoms with Crippen molar-refractivity contribution in [3.8, 4) is 0 Å². The van der Waals surface area contributed by atoms with Crippen molar-refractivity contribution in [2.24, 2.45) is 11.7 Å². The summed E-state index contributed by atoms with van der Waals surface area (Å²) in [6.45, 7) is 4.30. The number of nitrogens with one attached hydrogen (secondary N) is 1. The Balaban J connectivity index is 2.43. The minimum atomic E-state index is 0.0289. The van der Waals surface area contributed by atoms with Crippen molar-refractivity contribution in [2.75, 3.05) is 26.2 Å². The Kier molecular flexibility index (Phi) is 5.25. The van der Waals surface area contributed by atoms with Gasteiger partial charge < -0.3 is 16.0 Å².